The molecule has 3 rings (SSSR count). The lowest BCUT2D eigenvalue weighted by atomic mass is 9.97. The molecule has 1 fully saturated rings. The largest absolute Gasteiger partial charge is 0.444 e. The highest BCUT2D eigenvalue weighted by atomic mass is 16.6. The molecule has 1 N–H and O–H groups in total. The van der Waals surface area contributed by atoms with Crippen LogP contribution in [-0.2, 0) is 4.74 Å². The topological polar surface area (TPSA) is 97.6 Å². The van der Waals surface area contributed by atoms with E-state index in [2.05, 4.69) is 15.5 Å². The van der Waals surface area contributed by atoms with Gasteiger partial charge in [0.1, 0.15) is 5.60 Å². The first-order valence-electron chi connectivity index (χ1n) is 10.2. The lowest BCUT2D eigenvalue weighted by Crippen LogP contribution is -2.44. The standard InChI is InChI=1S/C21H30N4O4/c1-13(2)17-16-9-15(11-22-18(16)29-24-17)19(26)25-8-6-7-14(12-25)10-23-20(27)28-21(3,4)5/h9,11,13-14H,6-8,10,12H2,1-5H3,(H,23,27). The minimum Gasteiger partial charge on any atom is -0.444 e. The van der Waals surface area contributed by atoms with Crippen LogP contribution in [0.4, 0.5) is 4.79 Å². The van der Waals surface area contributed by atoms with E-state index in [9.17, 15) is 9.59 Å². The summed E-state index contributed by atoms with van der Waals surface area (Å²) in [4.78, 5) is 31.0. The molecule has 8 heteroatoms. The van der Waals surface area contributed by atoms with Crippen LogP contribution >= 0.6 is 0 Å². The van der Waals surface area contributed by atoms with Crippen molar-refractivity contribution < 1.29 is 18.8 Å². The van der Waals surface area contributed by atoms with Crippen LogP contribution in [0.15, 0.2) is 16.8 Å². The summed E-state index contributed by atoms with van der Waals surface area (Å²) in [6.07, 6.45) is 2.97. The number of alkyl carbamates (subject to hydrolysis) is 1. The number of carbonyl (C=O) groups excluding carboxylic acids is 2. The van der Waals surface area contributed by atoms with Crippen molar-refractivity contribution in [2.24, 2.45) is 5.92 Å². The number of piperidine rings is 1. The molecular formula is C21H30N4O4. The highest BCUT2D eigenvalue weighted by molar-refractivity contribution is 5.97. The molecule has 1 aliphatic heterocycles. The van der Waals surface area contributed by atoms with Gasteiger partial charge in [0.05, 0.1) is 16.6 Å². The van der Waals surface area contributed by atoms with Gasteiger partial charge in [-0.25, -0.2) is 9.78 Å². The molecule has 0 spiro atoms. The van der Waals surface area contributed by atoms with Gasteiger partial charge in [-0.15, -0.1) is 0 Å². The minimum absolute atomic E-state index is 0.0581. The lowest BCUT2D eigenvalue weighted by molar-refractivity contribution is 0.0502. The number of hydrogen-bond donors (Lipinski definition) is 1. The number of fused-ring (bicyclic) bond motifs is 1. The number of carbonyl (C=O) groups is 2. The van der Waals surface area contributed by atoms with Gasteiger partial charge >= 0.3 is 6.09 Å². The first-order valence-corrected chi connectivity index (χ1v) is 10.2. The third-order valence-electron chi connectivity index (χ3n) is 4.89. The maximum Gasteiger partial charge on any atom is 0.407 e. The lowest BCUT2D eigenvalue weighted by Gasteiger charge is -2.33. The normalized spacial score (nSPS) is 17.6. The molecule has 0 saturated carbocycles. The molecule has 1 atom stereocenters. The van der Waals surface area contributed by atoms with Crippen LogP contribution in [0.1, 0.15) is 69.4 Å². The van der Waals surface area contributed by atoms with Crippen molar-refractivity contribution in [3.63, 3.8) is 0 Å². The highest BCUT2D eigenvalue weighted by Gasteiger charge is 2.26. The number of aromatic nitrogens is 2. The molecule has 3 heterocycles. The molecule has 8 nitrogen and oxygen atoms in total. The zero-order valence-corrected chi connectivity index (χ0v) is 17.8. The Morgan fingerprint density at radius 2 is 2.14 bits per heavy atom. The van der Waals surface area contributed by atoms with E-state index in [1.807, 2.05) is 45.6 Å². The maximum atomic E-state index is 13.0. The second-order valence-electron chi connectivity index (χ2n) is 8.94. The Kier molecular flexibility index (Phi) is 6.10. The molecule has 0 aromatic carbocycles. The zero-order chi connectivity index (χ0) is 21.2. The number of pyridine rings is 1. The Morgan fingerprint density at radius 3 is 2.83 bits per heavy atom. The van der Waals surface area contributed by atoms with E-state index in [1.165, 1.54) is 0 Å². The zero-order valence-electron chi connectivity index (χ0n) is 17.8. The summed E-state index contributed by atoms with van der Waals surface area (Å²) in [5.41, 5.74) is 1.26. The monoisotopic (exact) mass is 402 g/mol. The number of ether oxygens (including phenoxy) is 1. The Bertz CT molecular complexity index is 884. The minimum atomic E-state index is -0.527. The molecule has 1 unspecified atom stereocenters. The van der Waals surface area contributed by atoms with Gasteiger partial charge in [0, 0.05) is 25.8 Å². The fraction of sp³-hybridized carbons (Fsp3) is 0.619. The van der Waals surface area contributed by atoms with Crippen molar-refractivity contribution in [2.75, 3.05) is 19.6 Å². The van der Waals surface area contributed by atoms with Crippen molar-refractivity contribution >= 4 is 23.1 Å². The molecule has 2 aromatic heterocycles. The van der Waals surface area contributed by atoms with Gasteiger partial charge < -0.3 is 19.5 Å². The molecule has 1 aliphatic rings. The van der Waals surface area contributed by atoms with Gasteiger partial charge in [0.2, 0.25) is 0 Å². The number of nitrogens with zero attached hydrogens (tertiary/aromatic N) is 3. The van der Waals surface area contributed by atoms with Crippen LogP contribution in [0.25, 0.3) is 11.1 Å². The second-order valence-corrected chi connectivity index (χ2v) is 8.94. The first-order chi connectivity index (χ1) is 13.6. The number of hydrogen-bond acceptors (Lipinski definition) is 6. The summed E-state index contributed by atoms with van der Waals surface area (Å²) in [6.45, 7) is 11.3. The average Bonchev–Trinajstić information content (AvgIpc) is 3.08. The van der Waals surface area contributed by atoms with Crippen molar-refractivity contribution in [3.8, 4) is 0 Å². The third-order valence-corrected chi connectivity index (χ3v) is 4.89. The van der Waals surface area contributed by atoms with E-state index in [4.69, 9.17) is 9.26 Å². The fourth-order valence-electron chi connectivity index (χ4n) is 3.52. The summed E-state index contributed by atoms with van der Waals surface area (Å²) in [6, 6.07) is 1.82. The molecule has 2 aromatic rings. The van der Waals surface area contributed by atoms with E-state index in [0.717, 1.165) is 23.9 Å². The van der Waals surface area contributed by atoms with Gasteiger partial charge in [-0.2, -0.15) is 0 Å². The summed E-state index contributed by atoms with van der Waals surface area (Å²) in [5.74, 6) is 0.317. The van der Waals surface area contributed by atoms with Gasteiger partial charge in [0.15, 0.2) is 0 Å². The Balaban J connectivity index is 1.64. The smallest absolute Gasteiger partial charge is 0.407 e. The molecule has 158 valence electrons. The number of nitrogens with one attached hydrogen (secondary N) is 1. The Labute approximate surface area is 171 Å². The predicted octanol–water partition coefficient (Wildman–Crippen LogP) is 3.72. The predicted molar refractivity (Wildman–Crippen MR) is 109 cm³/mol. The molecule has 2 amide bonds. The van der Waals surface area contributed by atoms with Crippen LogP contribution in [-0.4, -0.2) is 52.3 Å². The van der Waals surface area contributed by atoms with Crippen LogP contribution < -0.4 is 5.32 Å². The van der Waals surface area contributed by atoms with Crippen molar-refractivity contribution in [3.05, 3.63) is 23.5 Å². The Morgan fingerprint density at radius 1 is 1.38 bits per heavy atom. The van der Waals surface area contributed by atoms with Gasteiger partial charge in [-0.05, 0) is 51.5 Å². The number of rotatable bonds is 4. The quantitative estimate of drug-likeness (QED) is 0.837. The average molecular weight is 402 g/mol. The fourth-order valence-corrected chi connectivity index (χ4v) is 3.52. The summed E-state index contributed by atoms with van der Waals surface area (Å²) >= 11 is 0. The molecule has 0 bridgehead atoms. The SMILES string of the molecule is CC(C)c1noc2ncc(C(=O)N3CCCC(CNC(=O)OC(C)(C)C)C3)cc12. The number of amides is 2. The summed E-state index contributed by atoms with van der Waals surface area (Å²) in [7, 11) is 0. The van der Waals surface area contributed by atoms with Gasteiger partial charge in [-0.3, -0.25) is 4.79 Å². The first kappa shape index (κ1) is 21.1. The Hall–Kier alpha value is -2.64. The van der Waals surface area contributed by atoms with Gasteiger partial charge in [-0.1, -0.05) is 19.0 Å². The molecule has 0 radical (unpaired) electrons. The number of likely N-dealkylation sites (tertiary alicyclic amines) is 1. The van der Waals surface area contributed by atoms with E-state index >= 15 is 0 Å². The van der Waals surface area contributed by atoms with Crippen molar-refractivity contribution in [1.29, 1.82) is 0 Å². The van der Waals surface area contributed by atoms with Crippen LogP contribution in [0.5, 0.6) is 0 Å². The van der Waals surface area contributed by atoms with Crippen LogP contribution in [0, 0.1) is 5.92 Å². The molecular weight excluding hydrogens is 372 g/mol. The van der Waals surface area contributed by atoms with E-state index in [0.29, 0.717) is 30.9 Å². The van der Waals surface area contributed by atoms with Gasteiger partial charge in [0.25, 0.3) is 11.6 Å². The van der Waals surface area contributed by atoms with E-state index in [1.54, 1.807) is 6.20 Å². The molecule has 29 heavy (non-hydrogen) atoms. The second kappa shape index (κ2) is 8.39. The maximum absolute atomic E-state index is 13.0. The van der Waals surface area contributed by atoms with E-state index in [-0.39, 0.29) is 17.7 Å². The van der Waals surface area contributed by atoms with Crippen LogP contribution in [0.3, 0.4) is 0 Å². The van der Waals surface area contributed by atoms with E-state index < -0.39 is 11.7 Å². The van der Waals surface area contributed by atoms with Crippen LogP contribution in [0.2, 0.25) is 0 Å². The summed E-state index contributed by atoms with van der Waals surface area (Å²) in [5, 5.41) is 7.67. The molecule has 0 aliphatic carbocycles. The van der Waals surface area contributed by atoms with Crippen molar-refractivity contribution in [1.82, 2.24) is 20.4 Å². The third kappa shape index (κ3) is 5.25. The highest BCUT2D eigenvalue weighted by Crippen LogP contribution is 2.25. The summed E-state index contributed by atoms with van der Waals surface area (Å²) < 4.78 is 10.5. The molecule has 1 saturated heterocycles. The van der Waals surface area contributed by atoms with Crippen molar-refractivity contribution in [2.45, 2.75) is 59.0 Å².